The van der Waals surface area contributed by atoms with E-state index in [4.69, 9.17) is 9.47 Å². The molecule has 4 atom stereocenters. The summed E-state index contributed by atoms with van der Waals surface area (Å²) in [5.41, 5.74) is -0.247. The van der Waals surface area contributed by atoms with Crippen molar-refractivity contribution in [2.24, 2.45) is 0 Å². The number of carbonyl (C=O) groups is 4. The molecule has 2 aliphatic heterocycles. The molecule has 2 heterocycles. The van der Waals surface area contributed by atoms with Crippen molar-refractivity contribution in [3.8, 4) is 11.5 Å². The van der Waals surface area contributed by atoms with Crippen LogP contribution in [0.2, 0.25) is 0 Å². The van der Waals surface area contributed by atoms with Crippen LogP contribution in [0.3, 0.4) is 0 Å². The highest BCUT2D eigenvalue weighted by atomic mass is 16.5. The van der Waals surface area contributed by atoms with Crippen molar-refractivity contribution >= 4 is 23.6 Å². The van der Waals surface area contributed by atoms with Crippen LogP contribution in [0.1, 0.15) is 44.2 Å². The predicted octanol–water partition coefficient (Wildman–Crippen LogP) is 5.34. The minimum atomic E-state index is -1.03. The molecular formula is C37H34N2O6. The van der Waals surface area contributed by atoms with E-state index in [1.54, 1.807) is 0 Å². The van der Waals surface area contributed by atoms with Gasteiger partial charge in [0.1, 0.15) is 34.8 Å². The van der Waals surface area contributed by atoms with E-state index < -0.39 is 23.3 Å². The molecule has 0 aromatic heterocycles. The lowest BCUT2D eigenvalue weighted by Crippen LogP contribution is -2.57. The number of ether oxygens (including phenoxy) is 2. The molecule has 45 heavy (non-hydrogen) atoms. The lowest BCUT2D eigenvalue weighted by atomic mass is 9.86. The minimum Gasteiger partial charge on any atom is -0.483 e. The number of benzene rings is 2. The molecule has 2 aromatic rings. The van der Waals surface area contributed by atoms with Gasteiger partial charge < -0.3 is 9.47 Å². The molecule has 4 unspecified atom stereocenters. The molecule has 0 bridgehead atoms. The van der Waals surface area contributed by atoms with Gasteiger partial charge in [0.05, 0.1) is 0 Å². The zero-order chi connectivity index (χ0) is 31.8. The molecule has 0 saturated heterocycles. The van der Waals surface area contributed by atoms with Crippen molar-refractivity contribution < 1.29 is 28.7 Å². The van der Waals surface area contributed by atoms with Gasteiger partial charge in [-0.25, -0.2) is 0 Å². The standard InChI is InChI=1S/C37H34N2O6/c1-4-25(26-13-5-7-15-28(26)44-30-17-9-11-23-36(30,2)38-32(40)19-20-33(38)41)27-14-6-8-16-29(27)45-31-18-10-12-24-37(31,3)39-34(42)21-22-35(39)43/h5-25,30-31H,4H2,1-3H3. The molecule has 228 valence electrons. The Kier molecular flexibility index (Phi) is 7.74. The van der Waals surface area contributed by atoms with Gasteiger partial charge in [0.2, 0.25) is 0 Å². The number of allylic oxidation sites excluding steroid dienone is 4. The first-order valence-electron chi connectivity index (χ1n) is 15.0. The number of carbonyl (C=O) groups excluding carboxylic acids is 4. The highest BCUT2D eigenvalue weighted by Gasteiger charge is 2.47. The molecule has 0 spiro atoms. The lowest BCUT2D eigenvalue weighted by Gasteiger charge is -2.41. The number of rotatable bonds is 9. The van der Waals surface area contributed by atoms with Crippen molar-refractivity contribution in [2.75, 3.05) is 0 Å². The molecule has 2 aromatic carbocycles. The maximum absolute atomic E-state index is 12.7. The van der Waals surface area contributed by atoms with E-state index in [2.05, 4.69) is 6.92 Å². The third-order valence-corrected chi connectivity index (χ3v) is 8.90. The van der Waals surface area contributed by atoms with E-state index in [0.29, 0.717) is 17.9 Å². The molecule has 4 aliphatic rings. The van der Waals surface area contributed by atoms with Crippen LogP contribution >= 0.6 is 0 Å². The molecule has 0 radical (unpaired) electrons. The van der Waals surface area contributed by atoms with E-state index in [-0.39, 0.29) is 29.5 Å². The first-order valence-corrected chi connectivity index (χ1v) is 15.0. The van der Waals surface area contributed by atoms with Crippen LogP contribution < -0.4 is 9.47 Å². The van der Waals surface area contributed by atoms with Gasteiger partial charge in [-0.1, -0.05) is 79.8 Å². The molecule has 0 fully saturated rings. The maximum Gasteiger partial charge on any atom is 0.254 e. The summed E-state index contributed by atoms with van der Waals surface area (Å²) in [7, 11) is 0. The number of hydrogen-bond acceptors (Lipinski definition) is 6. The van der Waals surface area contributed by atoms with Gasteiger partial charge in [-0.05, 0) is 44.6 Å². The van der Waals surface area contributed by atoms with E-state index >= 15 is 0 Å². The van der Waals surface area contributed by atoms with Crippen LogP contribution in [0.5, 0.6) is 11.5 Å². The molecular weight excluding hydrogens is 568 g/mol. The van der Waals surface area contributed by atoms with Gasteiger partial charge in [0, 0.05) is 41.3 Å². The number of imide groups is 2. The molecule has 6 rings (SSSR count). The van der Waals surface area contributed by atoms with Crippen LogP contribution in [0, 0.1) is 0 Å². The van der Waals surface area contributed by atoms with Gasteiger partial charge in [-0.2, -0.15) is 0 Å². The normalized spacial score (nSPS) is 27.6. The van der Waals surface area contributed by atoms with Crippen LogP contribution in [0.15, 0.2) is 121 Å². The van der Waals surface area contributed by atoms with E-state index in [1.165, 1.54) is 34.1 Å². The topological polar surface area (TPSA) is 93.2 Å². The second kappa shape index (κ2) is 11.7. The third-order valence-electron chi connectivity index (χ3n) is 8.90. The zero-order valence-electron chi connectivity index (χ0n) is 25.3. The van der Waals surface area contributed by atoms with E-state index in [9.17, 15) is 19.2 Å². The van der Waals surface area contributed by atoms with Crippen molar-refractivity contribution in [3.63, 3.8) is 0 Å². The van der Waals surface area contributed by atoms with Crippen LogP contribution in [0.4, 0.5) is 0 Å². The molecule has 8 heteroatoms. The Hall–Kier alpha value is -5.24. The highest BCUT2D eigenvalue weighted by molar-refractivity contribution is 6.14. The van der Waals surface area contributed by atoms with Gasteiger partial charge in [-0.3, -0.25) is 29.0 Å². The SMILES string of the molecule is CCC(c1ccccc1OC1C=CC=CC1(C)N1C(=O)C=CC1=O)c1ccccc1OC1C=CC=CC1(C)N1C(=O)C=CC1=O. The minimum absolute atomic E-state index is 0.158. The molecule has 4 amide bonds. The lowest BCUT2D eigenvalue weighted by molar-refractivity contribution is -0.145. The monoisotopic (exact) mass is 602 g/mol. The Morgan fingerprint density at radius 3 is 1.38 bits per heavy atom. The smallest absolute Gasteiger partial charge is 0.254 e. The fourth-order valence-electron chi connectivity index (χ4n) is 6.51. The van der Waals surface area contributed by atoms with Crippen molar-refractivity contribution in [1.29, 1.82) is 0 Å². The van der Waals surface area contributed by atoms with Gasteiger partial charge in [0.15, 0.2) is 0 Å². The largest absolute Gasteiger partial charge is 0.483 e. The first kappa shape index (κ1) is 29.8. The zero-order valence-corrected chi connectivity index (χ0v) is 25.3. The Morgan fingerprint density at radius 2 is 1.00 bits per heavy atom. The molecule has 8 nitrogen and oxygen atoms in total. The van der Waals surface area contributed by atoms with Crippen LogP contribution in [-0.2, 0) is 19.2 Å². The Balaban J connectivity index is 1.33. The number of para-hydroxylation sites is 2. The molecule has 0 saturated carbocycles. The predicted molar refractivity (Wildman–Crippen MR) is 169 cm³/mol. The summed E-state index contributed by atoms with van der Waals surface area (Å²) >= 11 is 0. The quantitative estimate of drug-likeness (QED) is 0.360. The summed E-state index contributed by atoms with van der Waals surface area (Å²) in [6, 6.07) is 15.5. The number of nitrogens with zero attached hydrogens (tertiary/aromatic N) is 2. The summed E-state index contributed by atoms with van der Waals surface area (Å²) in [6.45, 7) is 5.72. The number of amides is 4. The maximum atomic E-state index is 12.7. The molecule has 0 N–H and O–H groups in total. The van der Waals surface area contributed by atoms with Gasteiger partial charge >= 0.3 is 0 Å². The average Bonchev–Trinajstić information content (AvgIpc) is 3.56. The van der Waals surface area contributed by atoms with Crippen LogP contribution in [-0.4, -0.2) is 56.7 Å². The summed E-state index contributed by atoms with van der Waals surface area (Å²) in [4.78, 5) is 53.3. The van der Waals surface area contributed by atoms with Crippen molar-refractivity contribution in [1.82, 2.24) is 9.80 Å². The van der Waals surface area contributed by atoms with E-state index in [0.717, 1.165) is 11.1 Å². The Morgan fingerprint density at radius 1 is 0.622 bits per heavy atom. The highest BCUT2D eigenvalue weighted by Crippen LogP contribution is 2.42. The van der Waals surface area contributed by atoms with Crippen molar-refractivity contribution in [2.45, 2.75) is 56.4 Å². The van der Waals surface area contributed by atoms with Gasteiger partial charge in [0.25, 0.3) is 23.6 Å². The fraction of sp³-hybridized carbons (Fsp3) is 0.243. The van der Waals surface area contributed by atoms with E-state index in [1.807, 2.05) is 111 Å². The third kappa shape index (κ3) is 5.16. The molecule has 2 aliphatic carbocycles. The summed E-state index contributed by atoms with van der Waals surface area (Å²) in [5.74, 6) is -0.446. The summed E-state index contributed by atoms with van der Waals surface area (Å²) in [5, 5.41) is 0. The summed E-state index contributed by atoms with van der Waals surface area (Å²) < 4.78 is 13.3. The average molecular weight is 603 g/mol. The Bertz CT molecular complexity index is 1590. The van der Waals surface area contributed by atoms with Crippen molar-refractivity contribution in [3.05, 3.63) is 133 Å². The first-order chi connectivity index (χ1) is 21.7. The Labute approximate surface area is 262 Å². The fourth-order valence-corrected chi connectivity index (χ4v) is 6.51. The second-order valence-electron chi connectivity index (χ2n) is 11.7. The van der Waals surface area contributed by atoms with Crippen LogP contribution in [0.25, 0.3) is 0 Å². The number of hydrogen-bond donors (Lipinski definition) is 0. The second-order valence-corrected chi connectivity index (χ2v) is 11.7. The summed E-state index contributed by atoms with van der Waals surface area (Å²) in [6.07, 6.45) is 19.2. The van der Waals surface area contributed by atoms with Gasteiger partial charge in [-0.15, -0.1) is 0 Å².